The molecule has 1 heterocycles. The van der Waals surface area contributed by atoms with Gasteiger partial charge in [0.05, 0.1) is 12.2 Å². The fraction of sp³-hybridized carbons (Fsp3) is 0.333. The van der Waals surface area contributed by atoms with Gasteiger partial charge < -0.3 is 20.1 Å². The number of hydrogen-bond donors (Lipinski definition) is 2. The molecular weight excluding hydrogens is 444 g/mol. The van der Waals surface area contributed by atoms with E-state index < -0.39 is 36.9 Å². The summed E-state index contributed by atoms with van der Waals surface area (Å²) in [5, 5.41) is 5.84. The zero-order valence-corrected chi connectivity index (χ0v) is 18.9. The van der Waals surface area contributed by atoms with Crippen molar-refractivity contribution in [2.45, 2.75) is 27.2 Å². The predicted octanol–water partition coefficient (Wildman–Crippen LogP) is 3.36. The monoisotopic (exact) mass is 466 g/mol. The van der Waals surface area contributed by atoms with Gasteiger partial charge in [-0.25, -0.2) is 4.79 Å². The second kappa shape index (κ2) is 11.5. The smallest absolute Gasteiger partial charge is 0.341 e. The molecular formula is C21H23ClN2O6S. The number of benzene rings is 1. The van der Waals surface area contributed by atoms with Gasteiger partial charge in [-0.1, -0.05) is 18.5 Å². The number of carbonyl (C=O) groups is 4. The highest BCUT2D eigenvalue weighted by atomic mass is 35.5. The first-order chi connectivity index (χ1) is 14.8. The zero-order chi connectivity index (χ0) is 23.0. The quantitative estimate of drug-likeness (QED) is 0.548. The van der Waals surface area contributed by atoms with E-state index >= 15 is 0 Å². The number of amides is 2. The summed E-state index contributed by atoms with van der Waals surface area (Å²) in [6.45, 7) is 4.68. The number of esters is 2. The number of ether oxygens (including phenoxy) is 2. The molecule has 1 aromatic heterocycles. The second-order valence-corrected chi connectivity index (χ2v) is 7.87. The van der Waals surface area contributed by atoms with Gasteiger partial charge >= 0.3 is 11.9 Å². The molecule has 166 valence electrons. The van der Waals surface area contributed by atoms with Crippen LogP contribution < -0.4 is 10.6 Å². The standard InChI is InChI=1S/C21H23ClN2O6S/c1-4-15-12(3)18(21(28)29-5-2)20(31-15)24-16(25)11-30-17(26)10-23-19(27)13-6-8-14(22)9-7-13/h6-9H,4-5,10-11H2,1-3H3,(H,23,27)(H,24,25). The van der Waals surface area contributed by atoms with Gasteiger partial charge in [-0.2, -0.15) is 0 Å². The molecule has 2 N–H and O–H groups in total. The van der Waals surface area contributed by atoms with Crippen molar-refractivity contribution in [2.24, 2.45) is 0 Å². The summed E-state index contributed by atoms with van der Waals surface area (Å²) in [5.74, 6) is -2.38. The maximum absolute atomic E-state index is 12.2. The van der Waals surface area contributed by atoms with Gasteiger partial charge in [0.2, 0.25) is 0 Å². The molecule has 31 heavy (non-hydrogen) atoms. The van der Waals surface area contributed by atoms with Crippen LogP contribution in [0, 0.1) is 6.92 Å². The van der Waals surface area contributed by atoms with Crippen LogP contribution in [0.25, 0.3) is 0 Å². The number of halogens is 1. The van der Waals surface area contributed by atoms with E-state index in [1.54, 1.807) is 26.0 Å². The van der Waals surface area contributed by atoms with Crippen molar-refractivity contribution in [3.63, 3.8) is 0 Å². The fourth-order valence-electron chi connectivity index (χ4n) is 2.65. The van der Waals surface area contributed by atoms with Crippen LogP contribution in [0.2, 0.25) is 5.02 Å². The molecule has 0 bridgehead atoms. The normalized spacial score (nSPS) is 10.3. The lowest BCUT2D eigenvalue weighted by Gasteiger charge is -2.08. The summed E-state index contributed by atoms with van der Waals surface area (Å²) in [6, 6.07) is 6.15. The van der Waals surface area contributed by atoms with Crippen molar-refractivity contribution in [3.8, 4) is 0 Å². The summed E-state index contributed by atoms with van der Waals surface area (Å²) in [6.07, 6.45) is 0.696. The Labute approximate surface area is 188 Å². The molecule has 0 saturated heterocycles. The Hall–Kier alpha value is -2.91. The predicted molar refractivity (Wildman–Crippen MR) is 118 cm³/mol. The van der Waals surface area contributed by atoms with Crippen LogP contribution in [-0.4, -0.2) is 43.5 Å². The van der Waals surface area contributed by atoms with E-state index in [0.717, 1.165) is 10.4 Å². The highest BCUT2D eigenvalue weighted by Crippen LogP contribution is 2.34. The number of rotatable bonds is 9. The Bertz CT molecular complexity index is 971. The summed E-state index contributed by atoms with van der Waals surface area (Å²) in [7, 11) is 0. The summed E-state index contributed by atoms with van der Waals surface area (Å²) in [4.78, 5) is 49.2. The highest BCUT2D eigenvalue weighted by molar-refractivity contribution is 7.17. The van der Waals surface area contributed by atoms with E-state index in [-0.39, 0.29) is 6.61 Å². The molecule has 10 heteroatoms. The van der Waals surface area contributed by atoms with Crippen molar-refractivity contribution in [1.29, 1.82) is 0 Å². The van der Waals surface area contributed by atoms with Gasteiger partial charge in [0.1, 0.15) is 11.5 Å². The van der Waals surface area contributed by atoms with Gasteiger partial charge in [-0.15, -0.1) is 11.3 Å². The van der Waals surface area contributed by atoms with Crippen molar-refractivity contribution >= 4 is 51.7 Å². The minimum absolute atomic E-state index is 0.211. The van der Waals surface area contributed by atoms with E-state index in [9.17, 15) is 19.2 Å². The molecule has 0 radical (unpaired) electrons. The Morgan fingerprint density at radius 2 is 1.74 bits per heavy atom. The lowest BCUT2D eigenvalue weighted by molar-refractivity contribution is -0.146. The molecule has 0 fully saturated rings. The summed E-state index contributed by atoms with van der Waals surface area (Å²) in [5.41, 5.74) is 1.39. The Morgan fingerprint density at radius 1 is 1.06 bits per heavy atom. The van der Waals surface area contributed by atoms with Crippen molar-refractivity contribution in [3.05, 3.63) is 50.9 Å². The number of carbonyl (C=O) groups excluding carboxylic acids is 4. The largest absolute Gasteiger partial charge is 0.462 e. The maximum atomic E-state index is 12.2. The van der Waals surface area contributed by atoms with E-state index in [1.165, 1.54) is 23.5 Å². The number of nitrogens with one attached hydrogen (secondary N) is 2. The molecule has 0 aliphatic rings. The second-order valence-electron chi connectivity index (χ2n) is 6.33. The molecule has 0 aliphatic heterocycles. The number of aryl methyl sites for hydroxylation is 1. The maximum Gasteiger partial charge on any atom is 0.341 e. The minimum Gasteiger partial charge on any atom is -0.462 e. The van der Waals surface area contributed by atoms with Crippen LogP contribution in [-0.2, 0) is 25.5 Å². The molecule has 2 amide bonds. The first-order valence-corrected chi connectivity index (χ1v) is 10.7. The van der Waals surface area contributed by atoms with Crippen LogP contribution >= 0.6 is 22.9 Å². The van der Waals surface area contributed by atoms with Gasteiger partial charge in [0, 0.05) is 15.5 Å². The van der Waals surface area contributed by atoms with Gasteiger partial charge in [0.25, 0.3) is 11.8 Å². The fourth-order valence-corrected chi connectivity index (χ4v) is 3.93. The molecule has 0 spiro atoms. The molecule has 0 aliphatic carbocycles. The number of thiophene rings is 1. The third-order valence-electron chi connectivity index (χ3n) is 4.16. The molecule has 0 saturated carbocycles. The van der Waals surface area contributed by atoms with E-state index in [4.69, 9.17) is 21.1 Å². The average molecular weight is 467 g/mol. The third kappa shape index (κ3) is 6.80. The lowest BCUT2D eigenvalue weighted by atomic mass is 10.1. The number of anilines is 1. The molecule has 1 aromatic carbocycles. The van der Waals surface area contributed by atoms with Crippen LogP contribution in [0.15, 0.2) is 24.3 Å². The summed E-state index contributed by atoms with van der Waals surface area (Å²) >= 11 is 7.04. The molecule has 8 nitrogen and oxygen atoms in total. The van der Waals surface area contributed by atoms with Crippen molar-refractivity contribution in [2.75, 3.05) is 25.1 Å². The van der Waals surface area contributed by atoms with E-state index in [1.807, 2.05) is 6.92 Å². The van der Waals surface area contributed by atoms with Gasteiger partial charge in [-0.05, 0) is 50.1 Å². The van der Waals surface area contributed by atoms with Gasteiger partial charge in [-0.3, -0.25) is 14.4 Å². The third-order valence-corrected chi connectivity index (χ3v) is 5.77. The van der Waals surface area contributed by atoms with E-state index in [0.29, 0.717) is 27.6 Å². The van der Waals surface area contributed by atoms with Gasteiger partial charge in [0.15, 0.2) is 6.61 Å². The average Bonchev–Trinajstić information content (AvgIpc) is 3.06. The zero-order valence-electron chi connectivity index (χ0n) is 17.4. The molecule has 0 unspecified atom stereocenters. The minimum atomic E-state index is -0.778. The van der Waals surface area contributed by atoms with Crippen LogP contribution in [0.5, 0.6) is 0 Å². The molecule has 0 atom stereocenters. The Balaban J connectivity index is 1.88. The van der Waals surface area contributed by atoms with Crippen molar-refractivity contribution < 1.29 is 28.7 Å². The van der Waals surface area contributed by atoms with Crippen LogP contribution in [0.3, 0.4) is 0 Å². The molecule has 2 rings (SSSR count). The van der Waals surface area contributed by atoms with Crippen LogP contribution in [0.1, 0.15) is 45.0 Å². The SMILES string of the molecule is CCOC(=O)c1c(NC(=O)COC(=O)CNC(=O)c2ccc(Cl)cc2)sc(CC)c1C. The van der Waals surface area contributed by atoms with Crippen molar-refractivity contribution in [1.82, 2.24) is 5.32 Å². The van der Waals surface area contributed by atoms with Crippen LogP contribution in [0.4, 0.5) is 5.00 Å². The lowest BCUT2D eigenvalue weighted by Crippen LogP contribution is -2.32. The Kier molecular flexibility index (Phi) is 9.02. The van der Waals surface area contributed by atoms with E-state index in [2.05, 4.69) is 10.6 Å². The highest BCUT2D eigenvalue weighted by Gasteiger charge is 2.23. The summed E-state index contributed by atoms with van der Waals surface area (Å²) < 4.78 is 9.96. The topological polar surface area (TPSA) is 111 Å². The molecule has 2 aromatic rings. The Morgan fingerprint density at radius 3 is 2.35 bits per heavy atom. The first kappa shape index (κ1) is 24.4. The number of hydrogen-bond acceptors (Lipinski definition) is 7. The first-order valence-electron chi connectivity index (χ1n) is 9.55.